The van der Waals surface area contributed by atoms with E-state index in [9.17, 15) is 23.3 Å². The van der Waals surface area contributed by atoms with Gasteiger partial charge < -0.3 is 10.1 Å². The minimum atomic E-state index is -4.39. The Hall–Kier alpha value is -2.77. The van der Waals surface area contributed by atoms with Crippen LogP contribution >= 0.6 is 0 Å². The first-order chi connectivity index (χ1) is 10.8. The van der Waals surface area contributed by atoms with Crippen LogP contribution in [0, 0.1) is 10.1 Å². The van der Waals surface area contributed by atoms with Crippen molar-refractivity contribution < 1.29 is 22.8 Å². The van der Waals surface area contributed by atoms with Gasteiger partial charge in [-0.05, 0) is 30.3 Å². The molecule has 2 rings (SSSR count). The molecule has 0 heterocycles. The van der Waals surface area contributed by atoms with Gasteiger partial charge in [-0.15, -0.1) is 0 Å². The molecular weight excluding hydrogens is 313 g/mol. The zero-order valence-corrected chi connectivity index (χ0v) is 12.1. The normalized spacial score (nSPS) is 11.1. The van der Waals surface area contributed by atoms with Gasteiger partial charge in [0.15, 0.2) is 0 Å². The number of non-ortho nitro benzene ring substituents is 1. The molecule has 0 saturated carbocycles. The lowest BCUT2D eigenvalue weighted by molar-refractivity contribution is -0.384. The van der Waals surface area contributed by atoms with Crippen LogP contribution < -0.4 is 10.1 Å². The quantitative estimate of drug-likeness (QED) is 0.659. The zero-order chi connectivity index (χ0) is 17.0. The molecule has 0 spiro atoms. The van der Waals surface area contributed by atoms with Crippen LogP contribution in [-0.4, -0.2) is 12.0 Å². The van der Waals surface area contributed by atoms with Crippen LogP contribution in [0.4, 0.5) is 24.5 Å². The number of nitro groups is 1. The molecule has 23 heavy (non-hydrogen) atoms. The second kappa shape index (κ2) is 6.55. The van der Waals surface area contributed by atoms with Gasteiger partial charge in [-0.2, -0.15) is 13.2 Å². The maximum absolute atomic E-state index is 12.5. The smallest absolute Gasteiger partial charge is 0.416 e. The molecule has 0 bridgehead atoms. The number of rotatable bonds is 5. The van der Waals surface area contributed by atoms with Gasteiger partial charge in [0, 0.05) is 29.9 Å². The molecule has 0 aromatic heterocycles. The molecular formula is C15H13F3N2O3. The van der Waals surface area contributed by atoms with Gasteiger partial charge in [0.05, 0.1) is 17.6 Å². The molecule has 0 aliphatic rings. The standard InChI is InChI=1S/C15H13F3N2O3/c1-23-14-7-6-13(20(21)22)8-10(14)9-19-12-4-2-11(3-5-12)15(16,17)18/h2-8,19H,9H2,1H3. The summed E-state index contributed by atoms with van der Waals surface area (Å²) in [5.74, 6) is 0.454. The highest BCUT2D eigenvalue weighted by molar-refractivity contribution is 5.49. The SMILES string of the molecule is COc1ccc([N+](=O)[O-])cc1CNc1ccc(C(F)(F)F)cc1. The van der Waals surface area contributed by atoms with Crippen molar-refractivity contribution in [1.82, 2.24) is 0 Å². The van der Waals surface area contributed by atoms with E-state index in [1.807, 2.05) is 0 Å². The molecule has 0 aliphatic heterocycles. The van der Waals surface area contributed by atoms with Crippen molar-refractivity contribution >= 4 is 11.4 Å². The highest BCUT2D eigenvalue weighted by Crippen LogP contribution is 2.30. The molecule has 0 fully saturated rings. The summed E-state index contributed by atoms with van der Waals surface area (Å²) in [6.07, 6.45) is -4.39. The topological polar surface area (TPSA) is 64.4 Å². The number of ether oxygens (including phenoxy) is 1. The van der Waals surface area contributed by atoms with Crippen LogP contribution in [0.15, 0.2) is 42.5 Å². The second-order valence-electron chi connectivity index (χ2n) is 4.68. The lowest BCUT2D eigenvalue weighted by Crippen LogP contribution is -2.06. The molecule has 5 nitrogen and oxygen atoms in total. The van der Waals surface area contributed by atoms with Crippen molar-refractivity contribution in [1.29, 1.82) is 0 Å². The summed E-state index contributed by atoms with van der Waals surface area (Å²) in [6, 6.07) is 8.68. The summed E-state index contributed by atoms with van der Waals surface area (Å²) < 4.78 is 42.6. The largest absolute Gasteiger partial charge is 0.496 e. The number of benzene rings is 2. The van der Waals surface area contributed by atoms with Crippen molar-refractivity contribution in [3.05, 3.63) is 63.7 Å². The van der Waals surface area contributed by atoms with Gasteiger partial charge in [0.25, 0.3) is 5.69 Å². The molecule has 0 unspecified atom stereocenters. The number of nitrogens with zero attached hydrogens (tertiary/aromatic N) is 1. The molecule has 0 aliphatic carbocycles. The number of hydrogen-bond acceptors (Lipinski definition) is 4. The summed E-state index contributed by atoms with van der Waals surface area (Å²) in [4.78, 5) is 10.3. The molecule has 2 aromatic rings. The Kier molecular flexibility index (Phi) is 4.73. The molecule has 0 saturated heterocycles. The van der Waals surface area contributed by atoms with E-state index in [1.54, 1.807) is 0 Å². The highest BCUT2D eigenvalue weighted by Gasteiger charge is 2.29. The summed E-state index contributed by atoms with van der Waals surface area (Å²) in [6.45, 7) is 0.177. The van der Waals surface area contributed by atoms with Crippen molar-refractivity contribution in [2.75, 3.05) is 12.4 Å². The predicted octanol–water partition coefficient (Wildman–Crippen LogP) is 4.23. The fraction of sp³-hybridized carbons (Fsp3) is 0.200. The van der Waals surface area contributed by atoms with Crippen molar-refractivity contribution in [2.24, 2.45) is 0 Å². The van der Waals surface area contributed by atoms with E-state index in [0.717, 1.165) is 12.1 Å². The van der Waals surface area contributed by atoms with E-state index in [2.05, 4.69) is 5.32 Å². The molecule has 8 heteroatoms. The van der Waals surface area contributed by atoms with Gasteiger partial charge in [-0.3, -0.25) is 10.1 Å². The van der Waals surface area contributed by atoms with E-state index in [0.29, 0.717) is 17.0 Å². The second-order valence-corrected chi connectivity index (χ2v) is 4.68. The molecule has 2 aromatic carbocycles. The molecule has 1 N–H and O–H groups in total. The van der Waals surface area contributed by atoms with Crippen molar-refractivity contribution in [2.45, 2.75) is 12.7 Å². The third-order valence-electron chi connectivity index (χ3n) is 3.17. The maximum Gasteiger partial charge on any atom is 0.416 e. The van der Waals surface area contributed by atoms with Crippen LogP contribution in [0.5, 0.6) is 5.75 Å². The summed E-state index contributed by atoms with van der Waals surface area (Å²) in [5, 5.41) is 13.7. The van der Waals surface area contributed by atoms with Crippen molar-refractivity contribution in [3.63, 3.8) is 0 Å². The first-order valence-electron chi connectivity index (χ1n) is 6.53. The van der Waals surface area contributed by atoms with Gasteiger partial charge >= 0.3 is 6.18 Å². The minimum Gasteiger partial charge on any atom is -0.496 e. The maximum atomic E-state index is 12.5. The summed E-state index contributed by atoms with van der Waals surface area (Å²) >= 11 is 0. The Balaban J connectivity index is 2.14. The highest BCUT2D eigenvalue weighted by atomic mass is 19.4. The zero-order valence-electron chi connectivity index (χ0n) is 12.1. The summed E-state index contributed by atoms with van der Waals surface area (Å²) in [7, 11) is 1.43. The monoisotopic (exact) mass is 326 g/mol. The number of nitro benzene ring substituents is 1. The van der Waals surface area contributed by atoms with Crippen LogP contribution in [-0.2, 0) is 12.7 Å². The Morgan fingerprint density at radius 1 is 1.17 bits per heavy atom. The number of hydrogen-bond donors (Lipinski definition) is 1. The molecule has 122 valence electrons. The fourth-order valence-corrected chi connectivity index (χ4v) is 1.99. The third-order valence-corrected chi connectivity index (χ3v) is 3.17. The summed E-state index contributed by atoms with van der Waals surface area (Å²) in [5.41, 5.74) is 0.166. The Morgan fingerprint density at radius 3 is 2.35 bits per heavy atom. The van der Waals surface area contributed by atoms with Crippen molar-refractivity contribution in [3.8, 4) is 5.75 Å². The number of methoxy groups -OCH3 is 1. The number of halogens is 3. The van der Waals surface area contributed by atoms with Gasteiger partial charge in [0.2, 0.25) is 0 Å². The first-order valence-corrected chi connectivity index (χ1v) is 6.53. The minimum absolute atomic E-state index is 0.0879. The van der Waals surface area contributed by atoms with E-state index in [4.69, 9.17) is 4.74 Å². The average molecular weight is 326 g/mol. The van der Waals surface area contributed by atoms with Gasteiger partial charge in [-0.1, -0.05) is 0 Å². The Bertz CT molecular complexity index is 700. The lowest BCUT2D eigenvalue weighted by atomic mass is 10.1. The van der Waals surface area contributed by atoms with Gasteiger partial charge in [0.1, 0.15) is 5.75 Å². The van der Waals surface area contributed by atoms with E-state index >= 15 is 0 Å². The van der Waals surface area contributed by atoms with E-state index in [-0.39, 0.29) is 12.2 Å². The van der Waals surface area contributed by atoms with Crippen LogP contribution in [0.1, 0.15) is 11.1 Å². The predicted molar refractivity (Wildman–Crippen MR) is 78.4 cm³/mol. The molecule has 0 radical (unpaired) electrons. The van der Waals surface area contributed by atoms with Crippen LogP contribution in [0.25, 0.3) is 0 Å². The first kappa shape index (κ1) is 16.6. The fourth-order valence-electron chi connectivity index (χ4n) is 1.99. The number of alkyl halides is 3. The van der Waals surface area contributed by atoms with Gasteiger partial charge in [-0.25, -0.2) is 0 Å². The third kappa shape index (κ3) is 4.12. The lowest BCUT2D eigenvalue weighted by Gasteiger charge is -2.12. The van der Waals surface area contributed by atoms with Crippen LogP contribution in [0.2, 0.25) is 0 Å². The van der Waals surface area contributed by atoms with E-state index < -0.39 is 16.7 Å². The average Bonchev–Trinajstić information content (AvgIpc) is 2.52. The molecule has 0 atom stereocenters. The van der Waals surface area contributed by atoms with Crippen LogP contribution in [0.3, 0.4) is 0 Å². The Labute approximate surface area is 129 Å². The van der Waals surface area contributed by atoms with E-state index in [1.165, 1.54) is 37.4 Å². The number of anilines is 1. The Morgan fingerprint density at radius 2 is 1.83 bits per heavy atom. The number of nitrogens with one attached hydrogen (secondary N) is 1. The molecule has 0 amide bonds.